The fourth-order valence-corrected chi connectivity index (χ4v) is 2.11. The molecule has 78 valence electrons. The Hall–Kier alpha value is -0.0800. The highest BCUT2D eigenvalue weighted by Crippen LogP contribution is 2.24. The van der Waals surface area contributed by atoms with Gasteiger partial charge in [0.15, 0.2) is 0 Å². The first kappa shape index (κ1) is 11.0. The molecule has 2 nitrogen and oxygen atoms in total. The molecule has 13 heavy (non-hydrogen) atoms. The molecule has 0 saturated heterocycles. The zero-order valence-electron chi connectivity index (χ0n) is 9.18. The highest BCUT2D eigenvalue weighted by atomic mass is 16.5. The Bertz CT molecular complexity index is 138. The molecule has 0 amide bonds. The summed E-state index contributed by atoms with van der Waals surface area (Å²) in [7, 11) is 0. The summed E-state index contributed by atoms with van der Waals surface area (Å²) in [5, 5.41) is 3.59. The molecule has 0 aromatic carbocycles. The molecule has 0 radical (unpaired) electrons. The van der Waals surface area contributed by atoms with Crippen LogP contribution in [0.15, 0.2) is 0 Å². The van der Waals surface area contributed by atoms with Crippen molar-refractivity contribution in [3.8, 4) is 0 Å². The van der Waals surface area contributed by atoms with Crippen LogP contribution >= 0.6 is 0 Å². The predicted octanol–water partition coefficient (Wildman–Crippen LogP) is 2.19. The average molecular weight is 185 g/mol. The fourth-order valence-electron chi connectivity index (χ4n) is 2.11. The number of rotatable bonds is 5. The zero-order chi connectivity index (χ0) is 9.68. The molecule has 1 N–H and O–H groups in total. The molecular formula is C11H23NO. The van der Waals surface area contributed by atoms with Gasteiger partial charge in [0.05, 0.1) is 6.10 Å². The molecule has 3 unspecified atom stereocenters. The van der Waals surface area contributed by atoms with E-state index in [1.807, 2.05) is 0 Å². The Morgan fingerprint density at radius 3 is 2.77 bits per heavy atom. The molecule has 0 bridgehead atoms. The summed E-state index contributed by atoms with van der Waals surface area (Å²) in [5.41, 5.74) is 0. The lowest BCUT2D eigenvalue weighted by Crippen LogP contribution is -2.37. The molecule has 0 aliphatic heterocycles. The Kier molecular flexibility index (Phi) is 4.74. The second-order valence-electron chi connectivity index (χ2n) is 4.19. The number of ether oxygens (including phenoxy) is 1. The van der Waals surface area contributed by atoms with Gasteiger partial charge in [0.2, 0.25) is 0 Å². The standard InChI is InChI=1S/C11H23NO/c1-4-13-10(3)8-12-11-7-5-6-9(11)2/h9-12H,4-8H2,1-3H3. The first-order chi connectivity index (χ1) is 6.24. The van der Waals surface area contributed by atoms with Gasteiger partial charge < -0.3 is 10.1 Å². The molecule has 1 saturated carbocycles. The Balaban J connectivity index is 2.10. The van der Waals surface area contributed by atoms with Gasteiger partial charge in [0.1, 0.15) is 0 Å². The van der Waals surface area contributed by atoms with E-state index in [1.165, 1.54) is 19.3 Å². The predicted molar refractivity (Wildman–Crippen MR) is 55.9 cm³/mol. The van der Waals surface area contributed by atoms with Crippen molar-refractivity contribution >= 4 is 0 Å². The Morgan fingerprint density at radius 2 is 2.23 bits per heavy atom. The maximum absolute atomic E-state index is 5.47. The van der Waals surface area contributed by atoms with E-state index in [1.54, 1.807) is 0 Å². The van der Waals surface area contributed by atoms with Crippen LogP contribution < -0.4 is 5.32 Å². The lowest BCUT2D eigenvalue weighted by atomic mass is 10.1. The van der Waals surface area contributed by atoms with E-state index in [9.17, 15) is 0 Å². The third-order valence-electron chi connectivity index (χ3n) is 2.98. The minimum Gasteiger partial charge on any atom is -0.377 e. The van der Waals surface area contributed by atoms with Crippen molar-refractivity contribution in [3.05, 3.63) is 0 Å². The summed E-state index contributed by atoms with van der Waals surface area (Å²) in [5.74, 6) is 0.855. The van der Waals surface area contributed by atoms with E-state index in [0.29, 0.717) is 6.10 Å². The second-order valence-corrected chi connectivity index (χ2v) is 4.19. The SMILES string of the molecule is CCOC(C)CNC1CCCC1C. The van der Waals surface area contributed by atoms with Gasteiger partial charge in [0, 0.05) is 19.2 Å². The molecule has 1 rings (SSSR count). The monoisotopic (exact) mass is 185 g/mol. The van der Waals surface area contributed by atoms with Crippen LogP contribution in [0.2, 0.25) is 0 Å². The van der Waals surface area contributed by atoms with Gasteiger partial charge in [0.25, 0.3) is 0 Å². The van der Waals surface area contributed by atoms with Crippen LogP contribution in [-0.2, 0) is 4.74 Å². The Morgan fingerprint density at radius 1 is 1.46 bits per heavy atom. The van der Waals surface area contributed by atoms with Crippen LogP contribution in [0.3, 0.4) is 0 Å². The van der Waals surface area contributed by atoms with E-state index in [-0.39, 0.29) is 0 Å². The van der Waals surface area contributed by atoms with Crippen LogP contribution in [0, 0.1) is 5.92 Å². The van der Waals surface area contributed by atoms with E-state index < -0.39 is 0 Å². The quantitative estimate of drug-likeness (QED) is 0.709. The van der Waals surface area contributed by atoms with Gasteiger partial charge in [-0.15, -0.1) is 0 Å². The van der Waals surface area contributed by atoms with Crippen molar-refractivity contribution in [3.63, 3.8) is 0 Å². The molecule has 3 atom stereocenters. The third kappa shape index (κ3) is 3.65. The van der Waals surface area contributed by atoms with Gasteiger partial charge in [-0.05, 0) is 32.6 Å². The van der Waals surface area contributed by atoms with E-state index >= 15 is 0 Å². The molecule has 1 fully saturated rings. The fraction of sp³-hybridized carbons (Fsp3) is 1.00. The minimum atomic E-state index is 0.359. The molecular weight excluding hydrogens is 162 g/mol. The summed E-state index contributed by atoms with van der Waals surface area (Å²) >= 11 is 0. The van der Waals surface area contributed by atoms with Crippen LogP contribution in [0.1, 0.15) is 40.0 Å². The van der Waals surface area contributed by atoms with Gasteiger partial charge in [-0.3, -0.25) is 0 Å². The average Bonchev–Trinajstić information content (AvgIpc) is 2.48. The summed E-state index contributed by atoms with van der Waals surface area (Å²) in [4.78, 5) is 0. The van der Waals surface area contributed by atoms with Crippen LogP contribution in [0.5, 0.6) is 0 Å². The highest BCUT2D eigenvalue weighted by Gasteiger charge is 2.22. The van der Waals surface area contributed by atoms with Gasteiger partial charge in [-0.25, -0.2) is 0 Å². The lowest BCUT2D eigenvalue weighted by Gasteiger charge is -2.20. The topological polar surface area (TPSA) is 21.3 Å². The van der Waals surface area contributed by atoms with E-state index in [0.717, 1.165) is 25.1 Å². The lowest BCUT2D eigenvalue weighted by molar-refractivity contribution is 0.0730. The first-order valence-electron chi connectivity index (χ1n) is 5.59. The summed E-state index contributed by atoms with van der Waals surface area (Å²) < 4.78 is 5.47. The molecule has 0 spiro atoms. The van der Waals surface area contributed by atoms with Gasteiger partial charge >= 0.3 is 0 Å². The van der Waals surface area contributed by atoms with Crippen molar-refractivity contribution in [2.75, 3.05) is 13.2 Å². The van der Waals surface area contributed by atoms with Crippen LogP contribution in [0.25, 0.3) is 0 Å². The molecule has 1 aliphatic rings. The third-order valence-corrected chi connectivity index (χ3v) is 2.98. The van der Waals surface area contributed by atoms with Crippen molar-refractivity contribution in [1.29, 1.82) is 0 Å². The highest BCUT2D eigenvalue weighted by molar-refractivity contribution is 4.80. The molecule has 0 heterocycles. The second kappa shape index (κ2) is 5.61. The number of nitrogens with one attached hydrogen (secondary N) is 1. The maximum atomic E-state index is 5.47. The maximum Gasteiger partial charge on any atom is 0.0671 e. The van der Waals surface area contributed by atoms with Gasteiger partial charge in [-0.1, -0.05) is 13.3 Å². The largest absolute Gasteiger partial charge is 0.377 e. The van der Waals surface area contributed by atoms with Gasteiger partial charge in [-0.2, -0.15) is 0 Å². The van der Waals surface area contributed by atoms with E-state index in [2.05, 4.69) is 26.1 Å². The minimum absolute atomic E-state index is 0.359. The van der Waals surface area contributed by atoms with Crippen LogP contribution in [-0.4, -0.2) is 25.3 Å². The van der Waals surface area contributed by atoms with E-state index in [4.69, 9.17) is 4.74 Å². The molecule has 1 aliphatic carbocycles. The number of hydrogen-bond acceptors (Lipinski definition) is 2. The van der Waals surface area contributed by atoms with Crippen molar-refractivity contribution in [1.82, 2.24) is 5.32 Å². The number of hydrogen-bond donors (Lipinski definition) is 1. The molecule has 0 aromatic heterocycles. The summed E-state index contributed by atoms with van der Waals surface area (Å²) in [6.07, 6.45) is 4.49. The summed E-state index contributed by atoms with van der Waals surface area (Å²) in [6, 6.07) is 0.739. The summed E-state index contributed by atoms with van der Waals surface area (Å²) in [6.45, 7) is 8.35. The van der Waals surface area contributed by atoms with Crippen molar-refractivity contribution in [2.45, 2.75) is 52.2 Å². The smallest absolute Gasteiger partial charge is 0.0671 e. The normalized spacial score (nSPS) is 30.7. The first-order valence-corrected chi connectivity index (χ1v) is 5.59. The van der Waals surface area contributed by atoms with Crippen molar-refractivity contribution < 1.29 is 4.74 Å². The van der Waals surface area contributed by atoms with Crippen molar-refractivity contribution in [2.24, 2.45) is 5.92 Å². The van der Waals surface area contributed by atoms with Crippen LogP contribution in [0.4, 0.5) is 0 Å². The molecule has 0 aromatic rings. The zero-order valence-corrected chi connectivity index (χ0v) is 9.18. The molecule has 2 heteroatoms. The Labute approximate surface area is 82.0 Å².